The Labute approximate surface area is 111 Å². The van der Waals surface area contributed by atoms with Crippen molar-refractivity contribution in [2.24, 2.45) is 7.05 Å². The average molecular weight is 259 g/mol. The summed E-state index contributed by atoms with van der Waals surface area (Å²) >= 11 is 0. The molecule has 0 saturated heterocycles. The minimum atomic E-state index is -1.09. The lowest BCUT2D eigenvalue weighted by Crippen LogP contribution is -2.10. The summed E-state index contributed by atoms with van der Waals surface area (Å²) in [7, 11) is 1.66. The molecular weight excluding hydrogens is 242 g/mol. The number of carbonyl (C=O) groups is 2. The molecule has 1 N–H and O–H groups in total. The van der Waals surface area contributed by atoms with Crippen molar-refractivity contribution < 1.29 is 14.7 Å². The highest BCUT2D eigenvalue weighted by molar-refractivity contribution is 6.08. The maximum Gasteiger partial charge on any atom is 0.353 e. The summed E-state index contributed by atoms with van der Waals surface area (Å²) in [5.41, 5.74) is 2.07. The Balaban J connectivity index is 2.86. The van der Waals surface area contributed by atoms with Crippen molar-refractivity contribution in [3.63, 3.8) is 0 Å². The van der Waals surface area contributed by atoms with Crippen molar-refractivity contribution in [3.05, 3.63) is 35.0 Å². The molecule has 0 unspecified atom stereocenters. The van der Waals surface area contributed by atoms with Crippen LogP contribution in [-0.4, -0.2) is 21.9 Å². The van der Waals surface area contributed by atoms with E-state index in [0.717, 1.165) is 11.1 Å². The van der Waals surface area contributed by atoms with E-state index < -0.39 is 5.97 Å². The average Bonchev–Trinajstić information content (AvgIpc) is 2.60. The van der Waals surface area contributed by atoms with Crippen LogP contribution >= 0.6 is 0 Å². The summed E-state index contributed by atoms with van der Waals surface area (Å²) in [6, 6.07) is 5.75. The van der Waals surface area contributed by atoms with Gasteiger partial charge in [0.1, 0.15) is 5.69 Å². The second-order valence-corrected chi connectivity index (χ2v) is 5.73. The van der Waals surface area contributed by atoms with Gasteiger partial charge in [0.25, 0.3) is 0 Å². The van der Waals surface area contributed by atoms with E-state index >= 15 is 0 Å². The van der Waals surface area contributed by atoms with Crippen molar-refractivity contribution in [2.75, 3.05) is 0 Å². The number of hydrogen-bond acceptors (Lipinski definition) is 2. The Morgan fingerprint density at radius 3 is 2.42 bits per heavy atom. The number of carboxylic acids is 1. The number of aromatic carboxylic acids is 1. The number of carbonyl (C=O) groups excluding carboxylic acids is 1. The standard InChI is InChI=1S/C15H17NO3/c1-15(2,3)9-5-6-12-10(7-9)11(8-17)13(14(18)19)16(12)4/h5-8H,1-4H3,(H,18,19). The number of hydrogen-bond donors (Lipinski definition) is 1. The minimum absolute atomic E-state index is 0.0380. The van der Waals surface area contributed by atoms with Crippen LogP contribution in [0.15, 0.2) is 18.2 Å². The second-order valence-electron chi connectivity index (χ2n) is 5.73. The first-order chi connectivity index (χ1) is 8.77. The first kappa shape index (κ1) is 13.3. The summed E-state index contributed by atoms with van der Waals surface area (Å²) < 4.78 is 1.55. The number of aldehydes is 1. The van der Waals surface area contributed by atoms with Gasteiger partial charge in [-0.2, -0.15) is 0 Å². The minimum Gasteiger partial charge on any atom is -0.477 e. The Morgan fingerprint density at radius 1 is 1.32 bits per heavy atom. The van der Waals surface area contributed by atoms with E-state index in [-0.39, 0.29) is 16.7 Å². The number of carboxylic acid groups (broad SMARTS) is 1. The fourth-order valence-corrected chi connectivity index (χ4v) is 2.32. The molecule has 19 heavy (non-hydrogen) atoms. The molecule has 1 aromatic heterocycles. The van der Waals surface area contributed by atoms with E-state index in [2.05, 4.69) is 20.8 Å². The monoisotopic (exact) mass is 259 g/mol. The van der Waals surface area contributed by atoms with E-state index in [0.29, 0.717) is 11.7 Å². The van der Waals surface area contributed by atoms with Gasteiger partial charge in [-0.15, -0.1) is 0 Å². The van der Waals surface area contributed by atoms with Gasteiger partial charge >= 0.3 is 5.97 Å². The van der Waals surface area contributed by atoms with E-state index in [9.17, 15) is 14.7 Å². The molecular formula is C15H17NO3. The van der Waals surface area contributed by atoms with Gasteiger partial charge in [-0.3, -0.25) is 4.79 Å². The van der Waals surface area contributed by atoms with Gasteiger partial charge in [-0.05, 0) is 23.1 Å². The number of benzene rings is 1. The molecule has 0 aliphatic carbocycles. The van der Waals surface area contributed by atoms with Crippen molar-refractivity contribution in [2.45, 2.75) is 26.2 Å². The molecule has 1 heterocycles. The summed E-state index contributed by atoms with van der Waals surface area (Å²) in [5, 5.41) is 9.92. The van der Waals surface area contributed by atoms with Crippen LogP contribution in [0.5, 0.6) is 0 Å². The fourth-order valence-electron chi connectivity index (χ4n) is 2.32. The highest BCUT2D eigenvalue weighted by atomic mass is 16.4. The second kappa shape index (κ2) is 4.23. The third-order valence-electron chi connectivity index (χ3n) is 3.43. The summed E-state index contributed by atoms with van der Waals surface area (Å²) in [4.78, 5) is 22.5. The molecule has 4 heteroatoms. The zero-order chi connectivity index (χ0) is 14.4. The predicted molar refractivity (Wildman–Crippen MR) is 74.0 cm³/mol. The van der Waals surface area contributed by atoms with Crippen LogP contribution in [0.25, 0.3) is 10.9 Å². The third kappa shape index (κ3) is 2.03. The quantitative estimate of drug-likeness (QED) is 0.843. The van der Waals surface area contributed by atoms with E-state index in [1.165, 1.54) is 0 Å². The molecule has 0 atom stereocenters. The Kier molecular flexibility index (Phi) is 2.97. The van der Waals surface area contributed by atoms with E-state index in [1.807, 2.05) is 18.2 Å². The number of fused-ring (bicyclic) bond motifs is 1. The number of aromatic nitrogens is 1. The van der Waals surface area contributed by atoms with Crippen molar-refractivity contribution in [3.8, 4) is 0 Å². The lowest BCUT2D eigenvalue weighted by Gasteiger charge is -2.19. The van der Waals surface area contributed by atoms with Crippen LogP contribution in [0.1, 0.15) is 47.2 Å². The molecule has 0 aliphatic rings. The summed E-state index contributed by atoms with van der Waals surface area (Å²) in [6.45, 7) is 6.24. The molecule has 2 rings (SSSR count). The van der Waals surface area contributed by atoms with Gasteiger partial charge in [0, 0.05) is 18.0 Å². The zero-order valence-corrected chi connectivity index (χ0v) is 11.5. The lowest BCUT2D eigenvalue weighted by atomic mass is 9.86. The van der Waals surface area contributed by atoms with Gasteiger partial charge in [-0.25, -0.2) is 4.79 Å². The fraction of sp³-hybridized carbons (Fsp3) is 0.333. The maximum atomic E-state index is 11.3. The molecule has 0 aliphatic heterocycles. The van der Waals surface area contributed by atoms with Crippen LogP contribution in [0.4, 0.5) is 0 Å². The summed E-state index contributed by atoms with van der Waals surface area (Å²) in [5.74, 6) is -1.09. The molecule has 1 aromatic carbocycles. The molecule has 0 saturated carbocycles. The van der Waals surface area contributed by atoms with Gasteiger partial charge in [-0.1, -0.05) is 26.8 Å². The normalized spacial score (nSPS) is 11.8. The highest BCUT2D eigenvalue weighted by Gasteiger charge is 2.22. The number of aryl methyl sites for hydroxylation is 1. The molecule has 100 valence electrons. The molecule has 0 fully saturated rings. The van der Waals surface area contributed by atoms with Crippen LogP contribution < -0.4 is 0 Å². The van der Waals surface area contributed by atoms with Crippen molar-refractivity contribution in [1.82, 2.24) is 4.57 Å². The van der Waals surface area contributed by atoms with Crippen molar-refractivity contribution >= 4 is 23.2 Å². The molecule has 0 amide bonds. The smallest absolute Gasteiger partial charge is 0.353 e. The lowest BCUT2D eigenvalue weighted by molar-refractivity contribution is 0.0684. The number of nitrogens with zero attached hydrogens (tertiary/aromatic N) is 1. The summed E-state index contributed by atoms with van der Waals surface area (Å²) in [6.07, 6.45) is 0.623. The van der Waals surface area contributed by atoms with Gasteiger partial charge in [0.2, 0.25) is 0 Å². The molecule has 0 spiro atoms. The van der Waals surface area contributed by atoms with Crippen LogP contribution in [-0.2, 0) is 12.5 Å². The van der Waals surface area contributed by atoms with E-state index in [4.69, 9.17) is 0 Å². The molecule has 0 radical (unpaired) electrons. The first-order valence-electron chi connectivity index (χ1n) is 6.08. The SMILES string of the molecule is Cn1c(C(=O)O)c(C=O)c2cc(C(C)(C)C)ccc21. The predicted octanol–water partition coefficient (Wildman–Crippen LogP) is 2.99. The number of rotatable bonds is 2. The Bertz CT molecular complexity index is 675. The van der Waals surface area contributed by atoms with Crippen LogP contribution in [0.2, 0.25) is 0 Å². The van der Waals surface area contributed by atoms with Crippen LogP contribution in [0, 0.1) is 0 Å². The van der Waals surface area contributed by atoms with E-state index in [1.54, 1.807) is 11.6 Å². The molecule has 2 aromatic rings. The zero-order valence-electron chi connectivity index (χ0n) is 11.5. The van der Waals surface area contributed by atoms with Gasteiger partial charge < -0.3 is 9.67 Å². The highest BCUT2D eigenvalue weighted by Crippen LogP contribution is 2.30. The van der Waals surface area contributed by atoms with Crippen molar-refractivity contribution in [1.29, 1.82) is 0 Å². The van der Waals surface area contributed by atoms with Gasteiger partial charge in [0.05, 0.1) is 5.56 Å². The Hall–Kier alpha value is -2.10. The first-order valence-corrected chi connectivity index (χ1v) is 6.08. The third-order valence-corrected chi connectivity index (χ3v) is 3.43. The van der Waals surface area contributed by atoms with Crippen LogP contribution in [0.3, 0.4) is 0 Å². The largest absolute Gasteiger partial charge is 0.477 e. The molecule has 0 bridgehead atoms. The maximum absolute atomic E-state index is 11.3. The topological polar surface area (TPSA) is 59.3 Å². The molecule has 4 nitrogen and oxygen atoms in total. The van der Waals surface area contributed by atoms with Gasteiger partial charge in [0.15, 0.2) is 6.29 Å². The Morgan fingerprint density at radius 2 is 1.95 bits per heavy atom.